The molecule has 3 nitrogen and oxygen atoms in total. The third-order valence-corrected chi connectivity index (χ3v) is 1.78. The topological polar surface area (TPSA) is 42.9 Å². The highest BCUT2D eigenvalue weighted by atomic mass is 35.5. The number of carbonyl (C=O) groups excluding carboxylic acids is 1. The molecule has 12 heavy (non-hydrogen) atoms. The van der Waals surface area contributed by atoms with Crippen molar-refractivity contribution in [2.75, 3.05) is 0 Å². The molecule has 0 aliphatic rings. The van der Waals surface area contributed by atoms with Gasteiger partial charge in [0.15, 0.2) is 5.78 Å². The van der Waals surface area contributed by atoms with E-state index in [0.717, 1.165) is 0 Å². The van der Waals surface area contributed by atoms with E-state index in [1.807, 2.05) is 0 Å². The molecule has 4 heteroatoms. The van der Waals surface area contributed by atoms with Crippen LogP contribution in [-0.2, 0) is 0 Å². The van der Waals surface area contributed by atoms with Gasteiger partial charge in [0.1, 0.15) is 11.0 Å². The van der Waals surface area contributed by atoms with Crippen molar-refractivity contribution in [2.24, 2.45) is 0 Å². The van der Waals surface area contributed by atoms with Gasteiger partial charge in [-0.2, -0.15) is 0 Å². The molecule has 0 aliphatic carbocycles. The third kappa shape index (κ3) is 1.61. The van der Waals surface area contributed by atoms with Gasteiger partial charge in [-0.15, -0.1) is 0 Å². The number of halogens is 1. The quantitative estimate of drug-likeness (QED) is 0.495. The van der Waals surface area contributed by atoms with Crippen molar-refractivity contribution in [3.05, 3.63) is 22.2 Å². The Hall–Kier alpha value is -0.960. The van der Waals surface area contributed by atoms with Crippen LogP contribution in [0.1, 0.15) is 28.8 Å². The molecular formula is C8H9ClN2O. The number of Topliss-reactive ketones (excluding diaryl/α,β-unsaturated/α-hetero) is 1. The molecule has 0 aromatic carbocycles. The molecule has 0 aliphatic heterocycles. The van der Waals surface area contributed by atoms with Crippen molar-refractivity contribution >= 4 is 17.4 Å². The molecule has 0 unspecified atom stereocenters. The van der Waals surface area contributed by atoms with Gasteiger partial charge in [0.25, 0.3) is 0 Å². The maximum atomic E-state index is 11.0. The Bertz CT molecular complexity index is 313. The fraction of sp³-hybridized carbons (Fsp3) is 0.375. The standard InChI is InChI=1S/C8H9ClN2O/c1-4-7(5(2)12)8(9)11-6(3)10-4/h1-3H3. The van der Waals surface area contributed by atoms with Gasteiger partial charge in [0.05, 0.1) is 11.3 Å². The van der Waals surface area contributed by atoms with Crippen LogP contribution in [0.5, 0.6) is 0 Å². The number of rotatable bonds is 1. The molecule has 0 saturated heterocycles. The molecule has 0 N–H and O–H groups in total. The number of nitrogens with zero attached hydrogens (tertiary/aromatic N) is 2. The molecule has 1 rings (SSSR count). The fourth-order valence-corrected chi connectivity index (χ4v) is 1.46. The second-order valence-corrected chi connectivity index (χ2v) is 2.94. The molecule has 1 heterocycles. The smallest absolute Gasteiger partial charge is 0.164 e. The molecule has 0 fully saturated rings. The average Bonchev–Trinajstić information content (AvgIpc) is 1.82. The van der Waals surface area contributed by atoms with Crippen LogP contribution >= 0.6 is 11.6 Å². The van der Waals surface area contributed by atoms with E-state index < -0.39 is 0 Å². The van der Waals surface area contributed by atoms with E-state index in [0.29, 0.717) is 17.1 Å². The zero-order valence-corrected chi connectivity index (χ0v) is 7.94. The van der Waals surface area contributed by atoms with Crippen molar-refractivity contribution in [3.8, 4) is 0 Å². The van der Waals surface area contributed by atoms with Crippen LogP contribution in [0.25, 0.3) is 0 Å². The van der Waals surface area contributed by atoms with Crippen LogP contribution in [0.3, 0.4) is 0 Å². The largest absolute Gasteiger partial charge is 0.294 e. The summed E-state index contributed by atoms with van der Waals surface area (Å²) in [5.41, 5.74) is 1.06. The molecule has 0 amide bonds. The van der Waals surface area contributed by atoms with Crippen molar-refractivity contribution in [3.63, 3.8) is 0 Å². The molecule has 1 aromatic rings. The zero-order valence-electron chi connectivity index (χ0n) is 7.18. The van der Waals surface area contributed by atoms with Gasteiger partial charge in [-0.25, -0.2) is 9.97 Å². The first kappa shape index (κ1) is 9.13. The predicted molar refractivity (Wildman–Crippen MR) is 46.5 cm³/mol. The molecule has 1 aromatic heterocycles. The van der Waals surface area contributed by atoms with Gasteiger partial charge in [-0.3, -0.25) is 4.79 Å². The Labute approximate surface area is 75.8 Å². The number of hydrogen-bond donors (Lipinski definition) is 0. The van der Waals surface area contributed by atoms with Crippen LogP contribution in [0.4, 0.5) is 0 Å². The number of aryl methyl sites for hydroxylation is 2. The number of ketones is 1. The molecule has 0 spiro atoms. The number of hydrogen-bond acceptors (Lipinski definition) is 3. The van der Waals surface area contributed by atoms with Crippen LogP contribution in [0.2, 0.25) is 5.15 Å². The predicted octanol–water partition coefficient (Wildman–Crippen LogP) is 1.95. The highest BCUT2D eigenvalue weighted by Crippen LogP contribution is 2.16. The van der Waals surface area contributed by atoms with Gasteiger partial charge in [0.2, 0.25) is 0 Å². The molecule has 0 radical (unpaired) electrons. The maximum Gasteiger partial charge on any atom is 0.164 e. The van der Waals surface area contributed by atoms with Crippen molar-refractivity contribution in [1.29, 1.82) is 0 Å². The molecule has 0 saturated carbocycles. The summed E-state index contributed by atoms with van der Waals surface area (Å²) in [5, 5.41) is 0.243. The van der Waals surface area contributed by atoms with Crippen LogP contribution in [-0.4, -0.2) is 15.8 Å². The highest BCUT2D eigenvalue weighted by Gasteiger charge is 2.11. The molecular weight excluding hydrogens is 176 g/mol. The Morgan fingerprint density at radius 1 is 1.33 bits per heavy atom. The summed E-state index contributed by atoms with van der Waals surface area (Å²) in [7, 11) is 0. The minimum Gasteiger partial charge on any atom is -0.294 e. The van der Waals surface area contributed by atoms with E-state index in [2.05, 4.69) is 9.97 Å². The maximum absolute atomic E-state index is 11.0. The zero-order chi connectivity index (χ0) is 9.30. The van der Waals surface area contributed by atoms with E-state index in [1.165, 1.54) is 6.92 Å². The van der Waals surface area contributed by atoms with Crippen LogP contribution < -0.4 is 0 Å². The van der Waals surface area contributed by atoms with Crippen LogP contribution in [0, 0.1) is 13.8 Å². The first-order valence-corrected chi connectivity index (χ1v) is 3.92. The minimum atomic E-state index is -0.0995. The minimum absolute atomic E-state index is 0.0995. The SMILES string of the molecule is CC(=O)c1c(C)nc(C)nc1Cl. The monoisotopic (exact) mass is 184 g/mol. The second kappa shape index (κ2) is 3.19. The molecule has 64 valence electrons. The van der Waals surface area contributed by atoms with Crippen molar-refractivity contribution in [1.82, 2.24) is 9.97 Å². The third-order valence-electron chi connectivity index (χ3n) is 1.51. The summed E-state index contributed by atoms with van der Waals surface area (Å²) >= 11 is 5.76. The van der Waals surface area contributed by atoms with Crippen LogP contribution in [0.15, 0.2) is 0 Å². The van der Waals surface area contributed by atoms with E-state index in [9.17, 15) is 4.79 Å². The fourth-order valence-electron chi connectivity index (χ4n) is 1.07. The van der Waals surface area contributed by atoms with E-state index >= 15 is 0 Å². The van der Waals surface area contributed by atoms with E-state index in [1.54, 1.807) is 13.8 Å². The van der Waals surface area contributed by atoms with Gasteiger partial charge in [-0.05, 0) is 20.8 Å². The first-order chi connectivity index (χ1) is 5.52. The summed E-state index contributed by atoms with van der Waals surface area (Å²) in [6, 6.07) is 0. The lowest BCUT2D eigenvalue weighted by Crippen LogP contribution is -2.03. The normalized spacial score (nSPS) is 10.0. The summed E-state index contributed by atoms with van der Waals surface area (Å²) in [6.45, 7) is 4.94. The summed E-state index contributed by atoms with van der Waals surface area (Å²) in [6.07, 6.45) is 0. The Balaban J connectivity index is 3.38. The summed E-state index contributed by atoms with van der Waals surface area (Å²) in [4.78, 5) is 19.0. The molecule has 0 atom stereocenters. The van der Waals surface area contributed by atoms with Gasteiger partial charge in [-0.1, -0.05) is 11.6 Å². The van der Waals surface area contributed by atoms with E-state index in [-0.39, 0.29) is 10.9 Å². The van der Waals surface area contributed by atoms with Crippen molar-refractivity contribution in [2.45, 2.75) is 20.8 Å². The van der Waals surface area contributed by atoms with Gasteiger partial charge in [0, 0.05) is 0 Å². The summed E-state index contributed by atoms with van der Waals surface area (Å²) in [5.74, 6) is 0.486. The van der Waals surface area contributed by atoms with Gasteiger partial charge < -0.3 is 0 Å². The Morgan fingerprint density at radius 2 is 1.92 bits per heavy atom. The second-order valence-electron chi connectivity index (χ2n) is 2.58. The lowest BCUT2D eigenvalue weighted by molar-refractivity contribution is 0.101. The number of carbonyl (C=O) groups is 1. The van der Waals surface area contributed by atoms with E-state index in [4.69, 9.17) is 11.6 Å². The Kier molecular flexibility index (Phi) is 2.43. The van der Waals surface area contributed by atoms with Crippen molar-refractivity contribution < 1.29 is 4.79 Å². The average molecular weight is 185 g/mol. The lowest BCUT2D eigenvalue weighted by Gasteiger charge is -2.03. The lowest BCUT2D eigenvalue weighted by atomic mass is 10.2. The molecule has 0 bridgehead atoms. The first-order valence-electron chi connectivity index (χ1n) is 3.54. The van der Waals surface area contributed by atoms with Gasteiger partial charge >= 0.3 is 0 Å². The highest BCUT2D eigenvalue weighted by molar-refractivity contribution is 6.32. The Morgan fingerprint density at radius 3 is 2.33 bits per heavy atom. The summed E-state index contributed by atoms with van der Waals surface area (Å²) < 4.78 is 0. The number of aromatic nitrogens is 2.